The smallest absolute Gasteiger partial charge is 0.224 e. The first-order valence-electron chi connectivity index (χ1n) is 7.50. The van der Waals surface area contributed by atoms with E-state index in [1.807, 2.05) is 19.1 Å². The molecular formula is C16H23N3O2. The Labute approximate surface area is 125 Å². The van der Waals surface area contributed by atoms with Crippen LogP contribution in [0.4, 0.5) is 0 Å². The van der Waals surface area contributed by atoms with E-state index in [4.69, 9.17) is 10.9 Å². The minimum atomic E-state index is -0.385. The Kier molecular flexibility index (Phi) is 5.20. The highest BCUT2D eigenvalue weighted by Crippen LogP contribution is 2.25. The Hall–Kier alpha value is -2.04. The van der Waals surface area contributed by atoms with Gasteiger partial charge in [0.15, 0.2) is 5.84 Å². The predicted molar refractivity (Wildman–Crippen MR) is 82.2 cm³/mol. The minimum Gasteiger partial charge on any atom is -0.409 e. The van der Waals surface area contributed by atoms with E-state index < -0.39 is 0 Å². The fraction of sp³-hybridized carbons (Fsp3) is 0.500. The Morgan fingerprint density at radius 3 is 2.86 bits per heavy atom. The summed E-state index contributed by atoms with van der Waals surface area (Å²) in [5.41, 5.74) is 8.23. The molecule has 2 atom stereocenters. The Balaban J connectivity index is 2.01. The number of hydrogen-bond acceptors (Lipinski definition) is 3. The second-order valence-corrected chi connectivity index (χ2v) is 5.58. The SMILES string of the molecule is CCCC(NC(=O)C1CCc2ccccc2C1)/C(N)=N/O. The van der Waals surface area contributed by atoms with Gasteiger partial charge in [0.05, 0.1) is 6.04 Å². The maximum absolute atomic E-state index is 12.4. The van der Waals surface area contributed by atoms with Gasteiger partial charge in [-0.15, -0.1) is 0 Å². The van der Waals surface area contributed by atoms with Crippen molar-refractivity contribution >= 4 is 11.7 Å². The van der Waals surface area contributed by atoms with Gasteiger partial charge < -0.3 is 16.3 Å². The van der Waals surface area contributed by atoms with Gasteiger partial charge in [-0.3, -0.25) is 4.79 Å². The summed E-state index contributed by atoms with van der Waals surface area (Å²) in [5.74, 6) is 0.0294. The number of fused-ring (bicyclic) bond motifs is 1. The third-order valence-electron chi connectivity index (χ3n) is 4.08. The number of nitrogens with zero attached hydrogens (tertiary/aromatic N) is 1. The number of amides is 1. The molecule has 1 aromatic carbocycles. The molecule has 0 fully saturated rings. The largest absolute Gasteiger partial charge is 0.409 e. The summed E-state index contributed by atoms with van der Waals surface area (Å²) < 4.78 is 0. The average Bonchev–Trinajstić information content (AvgIpc) is 2.53. The normalized spacial score (nSPS) is 19.7. The van der Waals surface area contributed by atoms with Gasteiger partial charge >= 0.3 is 0 Å². The van der Waals surface area contributed by atoms with Crippen molar-refractivity contribution in [3.63, 3.8) is 0 Å². The molecule has 0 radical (unpaired) electrons. The van der Waals surface area contributed by atoms with E-state index in [9.17, 15) is 4.79 Å². The molecule has 2 rings (SSSR count). The van der Waals surface area contributed by atoms with Gasteiger partial charge in [-0.2, -0.15) is 0 Å². The number of amidine groups is 1. The molecule has 0 heterocycles. The lowest BCUT2D eigenvalue weighted by molar-refractivity contribution is -0.125. The molecule has 5 heteroatoms. The zero-order valence-electron chi connectivity index (χ0n) is 12.4. The van der Waals surface area contributed by atoms with Gasteiger partial charge in [0.2, 0.25) is 5.91 Å². The van der Waals surface area contributed by atoms with E-state index in [-0.39, 0.29) is 23.7 Å². The zero-order chi connectivity index (χ0) is 15.2. The van der Waals surface area contributed by atoms with E-state index >= 15 is 0 Å². The zero-order valence-corrected chi connectivity index (χ0v) is 12.4. The molecule has 2 unspecified atom stereocenters. The third kappa shape index (κ3) is 3.74. The van der Waals surface area contributed by atoms with Crippen LogP contribution in [0.25, 0.3) is 0 Å². The molecule has 1 aliphatic carbocycles. The van der Waals surface area contributed by atoms with Gasteiger partial charge in [0.25, 0.3) is 0 Å². The summed E-state index contributed by atoms with van der Waals surface area (Å²) in [6.45, 7) is 2.00. The molecule has 0 aromatic heterocycles. The van der Waals surface area contributed by atoms with Crippen molar-refractivity contribution in [1.29, 1.82) is 0 Å². The molecule has 5 nitrogen and oxygen atoms in total. The van der Waals surface area contributed by atoms with Crippen molar-refractivity contribution < 1.29 is 10.0 Å². The van der Waals surface area contributed by atoms with Crippen LogP contribution in [0.15, 0.2) is 29.4 Å². The average molecular weight is 289 g/mol. The van der Waals surface area contributed by atoms with E-state index in [0.717, 1.165) is 25.7 Å². The summed E-state index contributed by atoms with van der Waals surface area (Å²) in [7, 11) is 0. The topological polar surface area (TPSA) is 87.7 Å². The van der Waals surface area contributed by atoms with Gasteiger partial charge in [-0.1, -0.05) is 42.8 Å². The number of carbonyl (C=O) groups excluding carboxylic acids is 1. The highest BCUT2D eigenvalue weighted by Gasteiger charge is 2.26. The fourth-order valence-corrected chi connectivity index (χ4v) is 2.86. The van der Waals surface area contributed by atoms with Crippen LogP contribution in [0.1, 0.15) is 37.3 Å². The number of benzene rings is 1. The maximum Gasteiger partial charge on any atom is 0.224 e. The molecule has 1 aliphatic rings. The van der Waals surface area contributed by atoms with E-state index in [1.54, 1.807) is 0 Å². The van der Waals surface area contributed by atoms with Gasteiger partial charge in [0.1, 0.15) is 0 Å². The van der Waals surface area contributed by atoms with E-state index in [2.05, 4.69) is 22.6 Å². The molecule has 114 valence electrons. The third-order valence-corrected chi connectivity index (χ3v) is 4.08. The quantitative estimate of drug-likeness (QED) is 0.334. The lowest BCUT2D eigenvalue weighted by atomic mass is 9.83. The molecule has 21 heavy (non-hydrogen) atoms. The number of rotatable bonds is 5. The number of aryl methyl sites for hydroxylation is 1. The first-order chi connectivity index (χ1) is 10.2. The second kappa shape index (κ2) is 7.11. The highest BCUT2D eigenvalue weighted by molar-refractivity contribution is 5.90. The number of carbonyl (C=O) groups is 1. The Morgan fingerprint density at radius 2 is 2.19 bits per heavy atom. The lowest BCUT2D eigenvalue weighted by Crippen LogP contribution is -2.47. The van der Waals surface area contributed by atoms with Crippen LogP contribution in [0.2, 0.25) is 0 Å². The second-order valence-electron chi connectivity index (χ2n) is 5.58. The lowest BCUT2D eigenvalue weighted by Gasteiger charge is -2.26. The minimum absolute atomic E-state index is 0.00504. The first-order valence-corrected chi connectivity index (χ1v) is 7.50. The van der Waals surface area contributed by atoms with Crippen molar-refractivity contribution in [2.75, 3.05) is 0 Å². The molecule has 1 amide bonds. The number of hydrogen-bond donors (Lipinski definition) is 3. The Morgan fingerprint density at radius 1 is 1.48 bits per heavy atom. The Bertz CT molecular complexity index is 528. The van der Waals surface area contributed by atoms with Crippen molar-refractivity contribution in [3.8, 4) is 0 Å². The van der Waals surface area contributed by atoms with Crippen molar-refractivity contribution in [1.82, 2.24) is 5.32 Å². The molecule has 0 bridgehead atoms. The fourth-order valence-electron chi connectivity index (χ4n) is 2.86. The number of nitrogens with two attached hydrogens (primary N) is 1. The monoisotopic (exact) mass is 289 g/mol. The summed E-state index contributed by atoms with van der Waals surface area (Å²) >= 11 is 0. The van der Waals surface area contributed by atoms with Crippen molar-refractivity contribution in [2.45, 2.75) is 45.1 Å². The van der Waals surface area contributed by atoms with Crippen LogP contribution >= 0.6 is 0 Å². The van der Waals surface area contributed by atoms with Gasteiger partial charge in [0, 0.05) is 5.92 Å². The summed E-state index contributed by atoms with van der Waals surface area (Å²) in [6.07, 6.45) is 4.06. The number of nitrogens with one attached hydrogen (secondary N) is 1. The molecule has 0 aliphatic heterocycles. The van der Waals surface area contributed by atoms with Crippen LogP contribution in [0.5, 0.6) is 0 Å². The predicted octanol–water partition coefficient (Wildman–Crippen LogP) is 1.82. The van der Waals surface area contributed by atoms with Crippen LogP contribution in [-0.4, -0.2) is 23.0 Å². The van der Waals surface area contributed by atoms with Crippen molar-refractivity contribution in [3.05, 3.63) is 35.4 Å². The van der Waals surface area contributed by atoms with Crippen LogP contribution in [-0.2, 0) is 17.6 Å². The van der Waals surface area contributed by atoms with Crippen LogP contribution < -0.4 is 11.1 Å². The summed E-state index contributed by atoms with van der Waals surface area (Å²) in [5, 5.41) is 14.7. The number of oxime groups is 1. The molecule has 0 saturated carbocycles. The summed E-state index contributed by atoms with van der Waals surface area (Å²) in [4.78, 5) is 12.4. The van der Waals surface area contributed by atoms with Gasteiger partial charge in [-0.05, 0) is 36.8 Å². The standard InChI is InChI=1S/C16H23N3O2/c1-2-5-14(15(17)19-21)18-16(20)13-9-8-11-6-3-4-7-12(11)10-13/h3-4,6-7,13-14,21H,2,5,8-10H2,1H3,(H2,17,19)(H,18,20). The van der Waals surface area contributed by atoms with Crippen molar-refractivity contribution in [2.24, 2.45) is 16.8 Å². The van der Waals surface area contributed by atoms with E-state index in [1.165, 1.54) is 11.1 Å². The van der Waals surface area contributed by atoms with Crippen LogP contribution in [0.3, 0.4) is 0 Å². The van der Waals surface area contributed by atoms with Crippen LogP contribution in [0, 0.1) is 5.92 Å². The summed E-state index contributed by atoms with van der Waals surface area (Å²) in [6, 6.07) is 7.87. The molecule has 1 aromatic rings. The molecular weight excluding hydrogens is 266 g/mol. The highest BCUT2D eigenvalue weighted by atomic mass is 16.4. The first kappa shape index (κ1) is 15.4. The molecule has 0 spiro atoms. The molecule has 4 N–H and O–H groups in total. The molecule has 0 saturated heterocycles. The van der Waals surface area contributed by atoms with Gasteiger partial charge in [-0.25, -0.2) is 0 Å². The van der Waals surface area contributed by atoms with E-state index in [0.29, 0.717) is 6.42 Å². The maximum atomic E-state index is 12.4.